The van der Waals surface area contributed by atoms with Crippen LogP contribution in [-0.2, 0) is 7.05 Å². The lowest BCUT2D eigenvalue weighted by atomic mass is 9.97. The Bertz CT molecular complexity index is 502. The molecule has 4 nitrogen and oxygen atoms in total. The van der Waals surface area contributed by atoms with E-state index in [1.165, 1.54) is 0 Å². The van der Waals surface area contributed by atoms with Crippen LogP contribution in [0.15, 0.2) is 24.5 Å². The average Bonchev–Trinajstić information content (AvgIpc) is 2.66. The van der Waals surface area contributed by atoms with Gasteiger partial charge in [-0.1, -0.05) is 19.9 Å². The minimum absolute atomic E-state index is 0.397. The van der Waals surface area contributed by atoms with Crippen molar-refractivity contribution in [1.29, 1.82) is 0 Å². The van der Waals surface area contributed by atoms with E-state index in [9.17, 15) is 0 Å². The van der Waals surface area contributed by atoms with Crippen molar-refractivity contribution in [3.8, 4) is 11.1 Å². The molecule has 0 aliphatic heterocycles. The predicted molar refractivity (Wildman–Crippen MR) is 69.6 cm³/mol. The molecule has 2 heterocycles. The standard InChI is InChI=1S/C13H18N4/c1-4-9(2)12-11(13(14)17(3)16-12)10-6-5-7-15-8-10/h5-9H,4,14H2,1-3H3. The number of nitrogens with zero attached hydrogens (tertiary/aromatic N) is 3. The maximum atomic E-state index is 6.10. The third kappa shape index (κ3) is 2.02. The van der Waals surface area contributed by atoms with Crippen LogP contribution in [0, 0.1) is 0 Å². The molecule has 0 amide bonds. The summed E-state index contributed by atoms with van der Waals surface area (Å²) in [6.45, 7) is 4.32. The van der Waals surface area contributed by atoms with E-state index in [1.54, 1.807) is 10.9 Å². The Labute approximate surface area is 101 Å². The highest BCUT2D eigenvalue weighted by Crippen LogP contribution is 2.34. The number of hydrogen-bond donors (Lipinski definition) is 1. The Balaban J connectivity index is 2.60. The highest BCUT2D eigenvalue weighted by Gasteiger charge is 2.19. The third-order valence-corrected chi connectivity index (χ3v) is 3.15. The van der Waals surface area contributed by atoms with Gasteiger partial charge in [0.25, 0.3) is 0 Å². The molecule has 0 aliphatic carbocycles. The minimum atomic E-state index is 0.397. The first-order chi connectivity index (χ1) is 8.15. The summed E-state index contributed by atoms with van der Waals surface area (Å²) >= 11 is 0. The van der Waals surface area contributed by atoms with Gasteiger partial charge in [0.05, 0.1) is 5.69 Å². The molecule has 0 spiro atoms. The maximum absolute atomic E-state index is 6.10. The first kappa shape index (κ1) is 11.6. The summed E-state index contributed by atoms with van der Waals surface area (Å²) in [4.78, 5) is 4.15. The quantitative estimate of drug-likeness (QED) is 0.881. The van der Waals surface area contributed by atoms with Crippen molar-refractivity contribution < 1.29 is 0 Å². The van der Waals surface area contributed by atoms with Crippen LogP contribution in [0.4, 0.5) is 5.82 Å². The smallest absolute Gasteiger partial charge is 0.129 e. The van der Waals surface area contributed by atoms with E-state index in [2.05, 4.69) is 23.9 Å². The van der Waals surface area contributed by atoms with Crippen molar-refractivity contribution in [2.45, 2.75) is 26.2 Å². The zero-order valence-electron chi connectivity index (χ0n) is 10.5. The first-order valence-corrected chi connectivity index (χ1v) is 5.87. The zero-order valence-corrected chi connectivity index (χ0v) is 10.5. The van der Waals surface area contributed by atoms with Crippen LogP contribution >= 0.6 is 0 Å². The summed E-state index contributed by atoms with van der Waals surface area (Å²) in [5, 5.41) is 4.52. The van der Waals surface area contributed by atoms with Crippen LogP contribution in [0.1, 0.15) is 31.9 Å². The summed E-state index contributed by atoms with van der Waals surface area (Å²) in [7, 11) is 1.88. The number of aryl methyl sites for hydroxylation is 1. The zero-order chi connectivity index (χ0) is 12.4. The maximum Gasteiger partial charge on any atom is 0.129 e. The molecule has 4 heteroatoms. The van der Waals surface area contributed by atoms with Crippen LogP contribution in [0.3, 0.4) is 0 Å². The third-order valence-electron chi connectivity index (χ3n) is 3.15. The fourth-order valence-electron chi connectivity index (χ4n) is 1.90. The fourth-order valence-corrected chi connectivity index (χ4v) is 1.90. The molecule has 0 saturated carbocycles. The van der Waals surface area contributed by atoms with Crippen LogP contribution in [0.5, 0.6) is 0 Å². The van der Waals surface area contributed by atoms with Gasteiger partial charge in [-0.3, -0.25) is 9.67 Å². The largest absolute Gasteiger partial charge is 0.383 e. The molecule has 2 aromatic rings. The van der Waals surface area contributed by atoms with Gasteiger partial charge in [0.15, 0.2) is 0 Å². The van der Waals surface area contributed by atoms with E-state index < -0.39 is 0 Å². The van der Waals surface area contributed by atoms with Gasteiger partial charge in [-0.2, -0.15) is 5.10 Å². The number of hydrogen-bond acceptors (Lipinski definition) is 3. The molecular weight excluding hydrogens is 212 g/mol. The Morgan fingerprint density at radius 1 is 1.47 bits per heavy atom. The molecule has 0 saturated heterocycles. The molecule has 2 aromatic heterocycles. The van der Waals surface area contributed by atoms with Gasteiger partial charge in [0, 0.05) is 36.5 Å². The number of anilines is 1. The second kappa shape index (κ2) is 4.57. The Morgan fingerprint density at radius 3 is 2.82 bits per heavy atom. The molecule has 17 heavy (non-hydrogen) atoms. The topological polar surface area (TPSA) is 56.7 Å². The van der Waals surface area contributed by atoms with Gasteiger partial charge in [-0.25, -0.2) is 0 Å². The SMILES string of the molecule is CCC(C)c1nn(C)c(N)c1-c1cccnc1. The number of nitrogen functional groups attached to an aromatic ring is 1. The Morgan fingerprint density at radius 2 is 2.24 bits per heavy atom. The van der Waals surface area contributed by atoms with Gasteiger partial charge in [0.1, 0.15) is 5.82 Å². The van der Waals surface area contributed by atoms with E-state index in [0.717, 1.165) is 23.2 Å². The number of rotatable bonds is 3. The average molecular weight is 230 g/mol. The predicted octanol–water partition coefficient (Wildman–Crippen LogP) is 2.58. The molecule has 1 unspecified atom stereocenters. The molecule has 2 rings (SSSR count). The van der Waals surface area contributed by atoms with Crippen LogP contribution in [0.2, 0.25) is 0 Å². The molecule has 0 aromatic carbocycles. The molecule has 0 aliphatic rings. The summed E-state index contributed by atoms with van der Waals surface area (Å²) in [5.74, 6) is 1.10. The molecule has 0 fully saturated rings. The summed E-state index contributed by atoms with van der Waals surface area (Å²) in [5.41, 5.74) is 9.22. The van der Waals surface area contributed by atoms with Crippen molar-refractivity contribution in [2.24, 2.45) is 7.05 Å². The number of pyridine rings is 1. The van der Waals surface area contributed by atoms with Crippen LogP contribution in [-0.4, -0.2) is 14.8 Å². The highest BCUT2D eigenvalue weighted by atomic mass is 15.3. The van der Waals surface area contributed by atoms with E-state index in [1.807, 2.05) is 25.4 Å². The number of aromatic nitrogens is 3. The second-order valence-electron chi connectivity index (χ2n) is 4.32. The van der Waals surface area contributed by atoms with Crippen molar-refractivity contribution in [1.82, 2.24) is 14.8 Å². The van der Waals surface area contributed by atoms with E-state index in [4.69, 9.17) is 5.73 Å². The normalized spacial score (nSPS) is 12.6. The molecule has 90 valence electrons. The fraction of sp³-hybridized carbons (Fsp3) is 0.385. The van der Waals surface area contributed by atoms with Crippen LogP contribution < -0.4 is 5.73 Å². The highest BCUT2D eigenvalue weighted by molar-refractivity contribution is 5.76. The Hall–Kier alpha value is -1.84. The molecular formula is C13H18N4. The van der Waals surface area contributed by atoms with Gasteiger partial charge in [-0.05, 0) is 12.5 Å². The molecule has 2 N–H and O–H groups in total. The van der Waals surface area contributed by atoms with E-state index >= 15 is 0 Å². The van der Waals surface area contributed by atoms with Crippen molar-refractivity contribution in [3.63, 3.8) is 0 Å². The first-order valence-electron chi connectivity index (χ1n) is 5.87. The van der Waals surface area contributed by atoms with E-state index in [0.29, 0.717) is 11.7 Å². The van der Waals surface area contributed by atoms with Crippen molar-refractivity contribution in [2.75, 3.05) is 5.73 Å². The lowest BCUT2D eigenvalue weighted by molar-refractivity contribution is 0.668. The minimum Gasteiger partial charge on any atom is -0.383 e. The van der Waals surface area contributed by atoms with Gasteiger partial charge in [-0.15, -0.1) is 0 Å². The lowest BCUT2D eigenvalue weighted by Gasteiger charge is -2.08. The number of nitrogens with two attached hydrogens (primary N) is 1. The Kier molecular flexibility index (Phi) is 3.13. The molecule has 0 bridgehead atoms. The molecule has 0 radical (unpaired) electrons. The van der Waals surface area contributed by atoms with Crippen molar-refractivity contribution in [3.05, 3.63) is 30.2 Å². The van der Waals surface area contributed by atoms with Gasteiger partial charge in [0.2, 0.25) is 0 Å². The van der Waals surface area contributed by atoms with Gasteiger partial charge >= 0.3 is 0 Å². The lowest BCUT2D eigenvalue weighted by Crippen LogP contribution is -1.98. The molecule has 1 atom stereocenters. The van der Waals surface area contributed by atoms with E-state index in [-0.39, 0.29) is 0 Å². The summed E-state index contributed by atoms with van der Waals surface area (Å²) < 4.78 is 1.74. The second-order valence-corrected chi connectivity index (χ2v) is 4.32. The van der Waals surface area contributed by atoms with Crippen molar-refractivity contribution >= 4 is 5.82 Å². The summed E-state index contributed by atoms with van der Waals surface area (Å²) in [6, 6.07) is 3.94. The van der Waals surface area contributed by atoms with Gasteiger partial charge < -0.3 is 5.73 Å². The summed E-state index contributed by atoms with van der Waals surface area (Å²) in [6.07, 6.45) is 4.64. The van der Waals surface area contributed by atoms with Crippen LogP contribution in [0.25, 0.3) is 11.1 Å². The monoisotopic (exact) mass is 230 g/mol.